The molecule has 0 amide bonds. The molecule has 4 heteroatoms. The maximum atomic E-state index is 10.2. The van der Waals surface area contributed by atoms with Crippen molar-refractivity contribution in [3.8, 4) is 12.3 Å². The average molecular weight is 280 g/mol. The summed E-state index contributed by atoms with van der Waals surface area (Å²) in [6.07, 6.45) is 10.6. The molecule has 1 heterocycles. The highest BCUT2D eigenvalue weighted by atomic mass is 16.5. The predicted molar refractivity (Wildman–Crippen MR) is 80.5 cm³/mol. The first-order valence-electron chi connectivity index (χ1n) is 7.84. The molecule has 1 saturated carbocycles. The van der Waals surface area contributed by atoms with E-state index in [0.29, 0.717) is 13.2 Å². The summed E-state index contributed by atoms with van der Waals surface area (Å²) in [7, 11) is 2.14. The van der Waals surface area contributed by atoms with Gasteiger partial charge in [0.1, 0.15) is 5.60 Å². The van der Waals surface area contributed by atoms with Crippen LogP contribution in [0.2, 0.25) is 0 Å². The molecule has 0 aromatic heterocycles. The number of aliphatic hydroxyl groups is 1. The highest BCUT2D eigenvalue weighted by molar-refractivity contribution is 5.09. The topological polar surface area (TPSA) is 35.9 Å². The van der Waals surface area contributed by atoms with E-state index in [1.54, 1.807) is 0 Å². The fraction of sp³-hybridized carbons (Fsp3) is 0.875. The molecule has 1 saturated heterocycles. The number of hydrogen-bond donors (Lipinski definition) is 1. The van der Waals surface area contributed by atoms with Crippen LogP contribution in [-0.4, -0.2) is 73.0 Å². The molecule has 4 nitrogen and oxygen atoms in total. The number of nitrogens with zero attached hydrogens (tertiary/aromatic N) is 2. The summed E-state index contributed by atoms with van der Waals surface area (Å²) in [5.41, 5.74) is -0.415. The minimum absolute atomic E-state index is 0.358. The lowest BCUT2D eigenvalue weighted by molar-refractivity contribution is -0.0712. The Morgan fingerprint density at radius 3 is 2.45 bits per heavy atom. The van der Waals surface area contributed by atoms with Crippen molar-refractivity contribution in [2.24, 2.45) is 0 Å². The fourth-order valence-corrected chi connectivity index (χ4v) is 3.09. The molecule has 1 aliphatic carbocycles. The molecule has 1 atom stereocenters. The van der Waals surface area contributed by atoms with E-state index in [4.69, 9.17) is 11.2 Å². The Hall–Kier alpha value is -0.600. The second kappa shape index (κ2) is 7.42. The van der Waals surface area contributed by atoms with E-state index >= 15 is 0 Å². The molecule has 114 valence electrons. The minimum Gasteiger partial charge on any atom is -0.389 e. The summed E-state index contributed by atoms with van der Waals surface area (Å²) in [6, 6.07) is 0. The standard InChI is InChI=1S/C16H28N2O2/c1-3-16(7-5-4-6-8-16)20-14-15(19)13-18-11-9-17(2)10-12-18/h1,15,19H,4-14H2,2H3/t15-/m1/s1. The Labute approximate surface area is 123 Å². The van der Waals surface area contributed by atoms with Crippen molar-refractivity contribution in [1.82, 2.24) is 9.80 Å². The van der Waals surface area contributed by atoms with Crippen LogP contribution in [-0.2, 0) is 4.74 Å². The van der Waals surface area contributed by atoms with Crippen LogP contribution < -0.4 is 0 Å². The van der Waals surface area contributed by atoms with Gasteiger partial charge in [0.25, 0.3) is 0 Å². The summed E-state index contributed by atoms with van der Waals surface area (Å²) in [6.45, 7) is 5.23. The van der Waals surface area contributed by atoms with E-state index in [2.05, 4.69) is 22.8 Å². The van der Waals surface area contributed by atoms with Crippen LogP contribution in [0, 0.1) is 12.3 Å². The van der Waals surface area contributed by atoms with Gasteiger partial charge in [-0.2, -0.15) is 0 Å². The van der Waals surface area contributed by atoms with Gasteiger partial charge in [0.15, 0.2) is 0 Å². The normalized spacial score (nSPS) is 26.1. The van der Waals surface area contributed by atoms with Gasteiger partial charge in [0, 0.05) is 32.7 Å². The Morgan fingerprint density at radius 2 is 1.85 bits per heavy atom. The number of hydrogen-bond acceptors (Lipinski definition) is 4. The number of aliphatic hydroxyl groups excluding tert-OH is 1. The van der Waals surface area contributed by atoms with Crippen molar-refractivity contribution in [2.75, 3.05) is 46.4 Å². The SMILES string of the molecule is C#CC1(OC[C@H](O)CN2CCN(C)CC2)CCCCC1. The zero-order valence-corrected chi connectivity index (χ0v) is 12.7. The lowest BCUT2D eigenvalue weighted by atomic mass is 9.85. The maximum absolute atomic E-state index is 10.2. The van der Waals surface area contributed by atoms with Crippen molar-refractivity contribution >= 4 is 0 Å². The number of β-amino-alcohol motifs (C(OH)–C–C–N with tert-alkyl or cyclic N) is 1. The summed E-state index contributed by atoms with van der Waals surface area (Å²) < 4.78 is 5.92. The van der Waals surface area contributed by atoms with Gasteiger partial charge in [0.2, 0.25) is 0 Å². The van der Waals surface area contributed by atoms with Crippen molar-refractivity contribution in [3.63, 3.8) is 0 Å². The van der Waals surface area contributed by atoms with Gasteiger partial charge >= 0.3 is 0 Å². The lowest BCUT2D eigenvalue weighted by Gasteiger charge is -2.35. The molecule has 2 aliphatic rings. The fourth-order valence-electron chi connectivity index (χ4n) is 3.09. The van der Waals surface area contributed by atoms with E-state index in [1.807, 2.05) is 0 Å². The molecule has 2 fully saturated rings. The Kier molecular flexibility index (Phi) is 5.86. The first-order chi connectivity index (χ1) is 9.63. The average Bonchev–Trinajstić information content (AvgIpc) is 2.49. The van der Waals surface area contributed by atoms with Gasteiger partial charge in [-0.25, -0.2) is 0 Å². The number of likely N-dealkylation sites (N-methyl/N-ethyl adjacent to an activating group) is 1. The second-order valence-corrected chi connectivity index (χ2v) is 6.27. The summed E-state index contributed by atoms with van der Waals surface area (Å²) in [4.78, 5) is 4.62. The van der Waals surface area contributed by atoms with E-state index in [0.717, 1.165) is 51.9 Å². The second-order valence-electron chi connectivity index (χ2n) is 6.27. The molecular formula is C16H28N2O2. The van der Waals surface area contributed by atoms with E-state index < -0.39 is 11.7 Å². The van der Waals surface area contributed by atoms with E-state index in [-0.39, 0.29) is 0 Å². The Morgan fingerprint density at radius 1 is 1.20 bits per heavy atom. The molecule has 1 aliphatic heterocycles. The van der Waals surface area contributed by atoms with Crippen LogP contribution in [0.5, 0.6) is 0 Å². The van der Waals surface area contributed by atoms with Crippen molar-refractivity contribution < 1.29 is 9.84 Å². The molecule has 0 unspecified atom stereocenters. The van der Waals surface area contributed by atoms with Crippen molar-refractivity contribution in [2.45, 2.75) is 43.8 Å². The molecule has 0 aromatic rings. The molecule has 0 radical (unpaired) electrons. The molecule has 1 N–H and O–H groups in total. The summed E-state index contributed by atoms with van der Waals surface area (Å²) in [5.74, 6) is 2.83. The first kappa shape index (κ1) is 15.8. The maximum Gasteiger partial charge on any atom is 0.128 e. The van der Waals surface area contributed by atoms with Crippen LogP contribution in [0.1, 0.15) is 32.1 Å². The van der Waals surface area contributed by atoms with Crippen molar-refractivity contribution in [1.29, 1.82) is 0 Å². The number of rotatable bonds is 5. The zero-order valence-electron chi connectivity index (χ0n) is 12.7. The van der Waals surface area contributed by atoms with Gasteiger partial charge in [-0.15, -0.1) is 6.42 Å². The molecule has 0 spiro atoms. The largest absolute Gasteiger partial charge is 0.389 e. The Bertz CT molecular complexity index is 326. The van der Waals surface area contributed by atoms with Crippen LogP contribution in [0.25, 0.3) is 0 Å². The predicted octanol–water partition coefficient (Wildman–Crippen LogP) is 0.947. The van der Waals surface area contributed by atoms with Gasteiger partial charge in [-0.3, -0.25) is 4.90 Å². The third-order valence-electron chi connectivity index (χ3n) is 4.54. The summed E-state index contributed by atoms with van der Waals surface area (Å²) >= 11 is 0. The third kappa shape index (κ3) is 4.46. The molecule has 20 heavy (non-hydrogen) atoms. The van der Waals surface area contributed by atoms with Crippen LogP contribution >= 0.6 is 0 Å². The van der Waals surface area contributed by atoms with E-state index in [1.165, 1.54) is 6.42 Å². The molecule has 0 bridgehead atoms. The molecular weight excluding hydrogens is 252 g/mol. The summed E-state index contributed by atoms with van der Waals surface area (Å²) in [5, 5.41) is 10.2. The quantitative estimate of drug-likeness (QED) is 0.761. The first-order valence-corrected chi connectivity index (χ1v) is 7.84. The van der Waals surface area contributed by atoms with Gasteiger partial charge < -0.3 is 14.7 Å². The number of terminal acetylenes is 1. The van der Waals surface area contributed by atoms with Crippen LogP contribution in [0.3, 0.4) is 0 Å². The zero-order chi connectivity index (χ0) is 14.4. The minimum atomic E-state index is -0.439. The number of ether oxygens (including phenoxy) is 1. The lowest BCUT2D eigenvalue weighted by Crippen LogP contribution is -2.48. The Balaban J connectivity index is 1.71. The molecule has 0 aromatic carbocycles. The molecule has 2 rings (SSSR count). The van der Waals surface area contributed by atoms with Gasteiger partial charge in [0.05, 0.1) is 12.7 Å². The van der Waals surface area contributed by atoms with Crippen LogP contribution in [0.4, 0.5) is 0 Å². The van der Waals surface area contributed by atoms with Gasteiger partial charge in [-0.1, -0.05) is 12.3 Å². The smallest absolute Gasteiger partial charge is 0.128 e. The van der Waals surface area contributed by atoms with Crippen LogP contribution in [0.15, 0.2) is 0 Å². The van der Waals surface area contributed by atoms with Crippen molar-refractivity contribution in [3.05, 3.63) is 0 Å². The van der Waals surface area contributed by atoms with E-state index in [9.17, 15) is 5.11 Å². The highest BCUT2D eigenvalue weighted by Crippen LogP contribution is 2.31. The monoisotopic (exact) mass is 280 g/mol. The highest BCUT2D eigenvalue weighted by Gasteiger charge is 2.31. The third-order valence-corrected chi connectivity index (χ3v) is 4.54. The number of piperazine rings is 1. The van der Waals surface area contributed by atoms with Gasteiger partial charge in [-0.05, 0) is 32.7 Å².